The van der Waals surface area contributed by atoms with Crippen molar-refractivity contribution in [2.75, 3.05) is 31.1 Å². The summed E-state index contributed by atoms with van der Waals surface area (Å²) >= 11 is 0. The van der Waals surface area contributed by atoms with Crippen LogP contribution in [0.25, 0.3) is 0 Å². The molecule has 0 radical (unpaired) electrons. The molecule has 0 aromatic carbocycles. The van der Waals surface area contributed by atoms with E-state index in [4.69, 9.17) is 0 Å². The van der Waals surface area contributed by atoms with E-state index in [1.165, 1.54) is 0 Å². The maximum Gasteiger partial charge on any atom is 0.251 e. The summed E-state index contributed by atoms with van der Waals surface area (Å²) < 4.78 is 26.2. The van der Waals surface area contributed by atoms with E-state index in [1.807, 2.05) is 17.9 Å². The van der Waals surface area contributed by atoms with Crippen molar-refractivity contribution in [3.63, 3.8) is 0 Å². The number of anilines is 1. The number of piperidine rings is 1. The smallest absolute Gasteiger partial charge is 0.251 e. The number of hydrogen-bond acceptors (Lipinski definition) is 4. The molecule has 0 unspecified atom stereocenters. The molecule has 0 N–H and O–H groups in total. The Labute approximate surface area is 122 Å². The lowest BCUT2D eigenvalue weighted by Crippen LogP contribution is -2.56. The third-order valence-electron chi connectivity index (χ3n) is 4.12. The minimum Gasteiger partial charge on any atom is -0.355 e. The van der Waals surface area contributed by atoms with Crippen LogP contribution in [0.1, 0.15) is 18.7 Å². The van der Waals surface area contributed by atoms with Crippen LogP contribution in [0, 0.1) is 12.8 Å². The van der Waals surface area contributed by atoms with E-state index >= 15 is 0 Å². The fraction of sp³-hybridized carbons (Fsp3) is 0.643. The minimum atomic E-state index is -2.61. The molecular formula is C14H18F2N4O. The molecule has 0 aliphatic carbocycles. The van der Waals surface area contributed by atoms with Gasteiger partial charge in [0.25, 0.3) is 5.92 Å². The zero-order chi connectivity index (χ0) is 15.0. The first kappa shape index (κ1) is 14.2. The van der Waals surface area contributed by atoms with E-state index in [2.05, 4.69) is 9.97 Å². The molecule has 114 valence electrons. The molecule has 5 nitrogen and oxygen atoms in total. The topological polar surface area (TPSA) is 49.3 Å². The second-order valence-corrected chi connectivity index (χ2v) is 5.75. The number of hydrogen-bond donors (Lipinski definition) is 0. The summed E-state index contributed by atoms with van der Waals surface area (Å²) in [5.41, 5.74) is 0. The predicted molar refractivity (Wildman–Crippen MR) is 73.2 cm³/mol. The van der Waals surface area contributed by atoms with Crippen molar-refractivity contribution < 1.29 is 13.6 Å². The zero-order valence-electron chi connectivity index (χ0n) is 11.9. The Kier molecular flexibility index (Phi) is 3.51. The first-order valence-electron chi connectivity index (χ1n) is 7.16. The Morgan fingerprint density at radius 2 is 2.00 bits per heavy atom. The second kappa shape index (κ2) is 5.20. The molecular weight excluding hydrogens is 278 g/mol. The van der Waals surface area contributed by atoms with Crippen molar-refractivity contribution in [2.45, 2.75) is 25.7 Å². The molecule has 7 heteroatoms. The van der Waals surface area contributed by atoms with Crippen LogP contribution in [0.2, 0.25) is 0 Å². The molecule has 1 amide bonds. The fourth-order valence-corrected chi connectivity index (χ4v) is 2.75. The van der Waals surface area contributed by atoms with Crippen LogP contribution in [0.4, 0.5) is 14.6 Å². The highest BCUT2D eigenvalue weighted by Gasteiger charge is 2.40. The van der Waals surface area contributed by atoms with Crippen LogP contribution < -0.4 is 4.90 Å². The molecule has 0 spiro atoms. The first-order chi connectivity index (χ1) is 9.94. The normalized spacial score (nSPS) is 22.0. The van der Waals surface area contributed by atoms with E-state index < -0.39 is 5.92 Å². The Morgan fingerprint density at radius 1 is 1.33 bits per heavy atom. The summed E-state index contributed by atoms with van der Waals surface area (Å²) in [6.07, 6.45) is 1.25. The summed E-state index contributed by atoms with van der Waals surface area (Å²) in [5.74, 6) is -1.21. The number of halogens is 2. The molecule has 1 aromatic heterocycles. The van der Waals surface area contributed by atoms with Gasteiger partial charge in [-0.05, 0) is 13.0 Å². The van der Waals surface area contributed by atoms with Gasteiger partial charge in [0.2, 0.25) is 5.91 Å². The molecule has 3 heterocycles. The fourth-order valence-electron chi connectivity index (χ4n) is 2.75. The highest BCUT2D eigenvalue weighted by atomic mass is 19.3. The molecule has 21 heavy (non-hydrogen) atoms. The molecule has 2 aliphatic heterocycles. The number of alkyl halides is 2. The van der Waals surface area contributed by atoms with Crippen molar-refractivity contribution in [2.24, 2.45) is 5.92 Å². The Balaban J connectivity index is 1.53. The van der Waals surface area contributed by atoms with Gasteiger partial charge in [0.15, 0.2) is 0 Å². The SMILES string of the molecule is Cc1nccc(N2CC(C(=O)N3CCC(F)(F)CC3)C2)n1. The largest absolute Gasteiger partial charge is 0.355 e. The third kappa shape index (κ3) is 2.96. The van der Waals surface area contributed by atoms with Crippen molar-refractivity contribution in [1.29, 1.82) is 0 Å². The Morgan fingerprint density at radius 3 is 2.62 bits per heavy atom. The van der Waals surface area contributed by atoms with Crippen molar-refractivity contribution >= 4 is 11.7 Å². The van der Waals surface area contributed by atoms with Gasteiger partial charge in [-0.2, -0.15) is 0 Å². The summed E-state index contributed by atoms with van der Waals surface area (Å²) in [6.45, 7) is 3.34. The third-order valence-corrected chi connectivity index (χ3v) is 4.12. The number of rotatable bonds is 2. The molecule has 0 saturated carbocycles. The summed E-state index contributed by atoms with van der Waals surface area (Å²) in [5, 5.41) is 0. The van der Waals surface area contributed by atoms with Crippen LogP contribution in [0.15, 0.2) is 12.3 Å². The zero-order valence-corrected chi connectivity index (χ0v) is 11.9. The number of nitrogens with zero attached hydrogens (tertiary/aromatic N) is 4. The quantitative estimate of drug-likeness (QED) is 0.829. The van der Waals surface area contributed by atoms with Gasteiger partial charge in [0, 0.05) is 45.2 Å². The summed E-state index contributed by atoms with van der Waals surface area (Å²) in [6, 6.07) is 1.81. The second-order valence-electron chi connectivity index (χ2n) is 5.75. The van der Waals surface area contributed by atoms with Crippen LogP contribution >= 0.6 is 0 Å². The molecule has 1 aromatic rings. The predicted octanol–water partition coefficient (Wildman–Crippen LogP) is 1.48. The van der Waals surface area contributed by atoms with Crippen molar-refractivity contribution in [1.82, 2.24) is 14.9 Å². The van der Waals surface area contributed by atoms with E-state index in [1.54, 1.807) is 11.1 Å². The number of amides is 1. The molecule has 2 saturated heterocycles. The van der Waals surface area contributed by atoms with E-state index in [-0.39, 0.29) is 37.8 Å². The van der Waals surface area contributed by atoms with Gasteiger partial charge in [-0.25, -0.2) is 18.7 Å². The molecule has 2 fully saturated rings. The first-order valence-corrected chi connectivity index (χ1v) is 7.16. The summed E-state index contributed by atoms with van der Waals surface area (Å²) in [7, 11) is 0. The number of carbonyl (C=O) groups is 1. The number of aryl methyl sites for hydroxylation is 1. The van der Waals surface area contributed by atoms with Gasteiger partial charge in [0.1, 0.15) is 11.6 Å². The van der Waals surface area contributed by atoms with Gasteiger partial charge in [0.05, 0.1) is 5.92 Å². The average Bonchev–Trinajstić information content (AvgIpc) is 2.37. The molecule has 0 bridgehead atoms. The standard InChI is InChI=1S/C14H18F2N4O/c1-10-17-5-2-12(18-10)20-8-11(9-20)13(21)19-6-3-14(15,16)4-7-19/h2,5,11H,3-4,6-9H2,1H3. The van der Waals surface area contributed by atoms with Gasteiger partial charge in [-0.1, -0.05) is 0 Å². The van der Waals surface area contributed by atoms with Crippen molar-refractivity contribution in [3.05, 3.63) is 18.1 Å². The van der Waals surface area contributed by atoms with Gasteiger partial charge >= 0.3 is 0 Å². The minimum absolute atomic E-state index is 0.00692. The number of aromatic nitrogens is 2. The Bertz CT molecular complexity index is 536. The van der Waals surface area contributed by atoms with Crippen LogP contribution in [0.5, 0.6) is 0 Å². The van der Waals surface area contributed by atoms with Gasteiger partial charge in [-0.3, -0.25) is 4.79 Å². The van der Waals surface area contributed by atoms with E-state index in [9.17, 15) is 13.6 Å². The van der Waals surface area contributed by atoms with Crippen LogP contribution in [-0.2, 0) is 4.79 Å². The number of carbonyl (C=O) groups excluding carboxylic acids is 1. The van der Waals surface area contributed by atoms with Crippen molar-refractivity contribution in [3.8, 4) is 0 Å². The van der Waals surface area contributed by atoms with E-state index in [0.717, 1.165) is 5.82 Å². The monoisotopic (exact) mass is 296 g/mol. The maximum absolute atomic E-state index is 13.1. The maximum atomic E-state index is 13.1. The lowest BCUT2D eigenvalue weighted by molar-refractivity contribution is -0.142. The van der Waals surface area contributed by atoms with Crippen LogP contribution in [-0.4, -0.2) is 52.9 Å². The highest BCUT2D eigenvalue weighted by molar-refractivity contribution is 5.82. The molecule has 3 rings (SSSR count). The molecule has 0 atom stereocenters. The van der Waals surface area contributed by atoms with E-state index in [0.29, 0.717) is 18.9 Å². The van der Waals surface area contributed by atoms with Gasteiger partial charge < -0.3 is 9.80 Å². The van der Waals surface area contributed by atoms with Crippen LogP contribution in [0.3, 0.4) is 0 Å². The summed E-state index contributed by atoms with van der Waals surface area (Å²) in [4.78, 5) is 24.2. The lowest BCUT2D eigenvalue weighted by Gasteiger charge is -2.42. The highest BCUT2D eigenvalue weighted by Crippen LogP contribution is 2.30. The Hall–Kier alpha value is -1.79. The average molecular weight is 296 g/mol. The lowest BCUT2D eigenvalue weighted by atomic mass is 9.96. The number of likely N-dealkylation sites (tertiary alicyclic amines) is 1. The molecule has 2 aliphatic rings. The van der Waals surface area contributed by atoms with Gasteiger partial charge in [-0.15, -0.1) is 0 Å².